The van der Waals surface area contributed by atoms with Gasteiger partial charge in [0.05, 0.1) is 48.3 Å². The molecule has 0 fully saturated rings. The summed E-state index contributed by atoms with van der Waals surface area (Å²) in [6.45, 7) is 37.6. The number of rotatable bonds is 13. The summed E-state index contributed by atoms with van der Waals surface area (Å²) < 4.78 is 2.44. The van der Waals surface area contributed by atoms with Crippen LogP contribution in [0.5, 0.6) is 0 Å². The fourth-order valence-corrected chi connectivity index (χ4v) is 7.71. The van der Waals surface area contributed by atoms with Crippen LogP contribution < -0.4 is 0 Å². The predicted octanol–water partition coefficient (Wildman–Crippen LogP) is 7.59. The minimum Gasteiger partial charge on any atom is -0.481 e. The van der Waals surface area contributed by atoms with Crippen LogP contribution in [-0.4, -0.2) is 79.5 Å². The molecule has 0 heterocycles. The van der Waals surface area contributed by atoms with E-state index in [4.69, 9.17) is 10.2 Å². The highest BCUT2D eigenvalue weighted by atomic mass is 16.4. The smallest absolute Gasteiger partial charge is 0.303 e. The normalized spacial score (nSPS) is 12.6. The van der Waals surface area contributed by atoms with Crippen LogP contribution in [0.1, 0.15) is 136 Å². The number of unbranched alkanes of at least 4 members (excludes halogenated alkanes) is 1. The molecule has 0 spiro atoms. The predicted molar refractivity (Wildman–Crippen MR) is 155 cm³/mol. The van der Waals surface area contributed by atoms with E-state index in [1.165, 1.54) is 8.97 Å². The van der Waals surface area contributed by atoms with E-state index in [2.05, 4.69) is 111 Å². The first kappa shape index (κ1) is 39.4. The van der Waals surface area contributed by atoms with E-state index in [0.717, 1.165) is 0 Å². The first-order chi connectivity index (χ1) is 16.2. The monoisotopic (exact) mass is 519 g/mol. The van der Waals surface area contributed by atoms with Crippen LogP contribution in [0, 0.1) is 0 Å². The average molecular weight is 519 g/mol. The molecule has 0 atom stereocenters. The molecule has 218 valence electrons. The summed E-state index contributed by atoms with van der Waals surface area (Å²) in [6.07, 6.45) is 1.02. The van der Waals surface area contributed by atoms with Gasteiger partial charge in [-0.2, -0.15) is 0 Å². The zero-order valence-corrected chi connectivity index (χ0v) is 27.1. The van der Waals surface area contributed by atoms with Crippen LogP contribution in [0.25, 0.3) is 0 Å². The minimum absolute atomic E-state index is 0.0628. The Kier molecular flexibility index (Phi) is 19.9. The van der Waals surface area contributed by atoms with Crippen LogP contribution in [0.2, 0.25) is 0 Å². The van der Waals surface area contributed by atoms with Crippen molar-refractivity contribution in [2.75, 3.05) is 0 Å². The lowest BCUT2D eigenvalue weighted by molar-refractivity contribution is -1.00. The molecule has 0 saturated carbocycles. The van der Waals surface area contributed by atoms with E-state index in [-0.39, 0.29) is 12.8 Å². The van der Waals surface area contributed by atoms with Crippen LogP contribution in [0.4, 0.5) is 0 Å². The molecular formula is C30H66N2O4+2. The zero-order valence-electron chi connectivity index (χ0n) is 27.1. The van der Waals surface area contributed by atoms with E-state index < -0.39 is 11.9 Å². The van der Waals surface area contributed by atoms with Gasteiger partial charge in [-0.3, -0.25) is 9.59 Å². The third-order valence-electron chi connectivity index (χ3n) is 8.19. The van der Waals surface area contributed by atoms with Crippen LogP contribution in [0.15, 0.2) is 0 Å². The molecule has 0 aliphatic rings. The number of carboxylic acids is 2. The molecular weight excluding hydrogens is 452 g/mol. The molecule has 0 unspecified atom stereocenters. The molecule has 0 bridgehead atoms. The van der Waals surface area contributed by atoms with Gasteiger partial charge in [-0.05, 0) is 124 Å². The van der Waals surface area contributed by atoms with Crippen molar-refractivity contribution in [3.8, 4) is 0 Å². The van der Waals surface area contributed by atoms with Gasteiger partial charge in [0.2, 0.25) is 0 Å². The highest BCUT2D eigenvalue weighted by molar-refractivity contribution is 5.67. The van der Waals surface area contributed by atoms with Crippen molar-refractivity contribution in [3.05, 3.63) is 0 Å². The summed E-state index contributed by atoms with van der Waals surface area (Å²) in [4.78, 5) is 19.8. The Labute approximate surface area is 225 Å². The van der Waals surface area contributed by atoms with E-state index in [0.29, 0.717) is 61.2 Å². The molecule has 36 heavy (non-hydrogen) atoms. The first-order valence-electron chi connectivity index (χ1n) is 14.4. The lowest BCUT2D eigenvalue weighted by Gasteiger charge is -2.52. The summed E-state index contributed by atoms with van der Waals surface area (Å²) in [5, 5.41) is 16.3. The number of aliphatic carboxylic acids is 2. The lowest BCUT2D eigenvalue weighted by Crippen LogP contribution is -2.65. The van der Waals surface area contributed by atoms with Gasteiger partial charge in [0, 0.05) is 12.8 Å². The summed E-state index contributed by atoms with van der Waals surface area (Å²) >= 11 is 0. The van der Waals surface area contributed by atoms with Gasteiger partial charge < -0.3 is 19.2 Å². The summed E-state index contributed by atoms with van der Waals surface area (Å²) in [5.41, 5.74) is 0. The molecule has 0 aromatic rings. The molecule has 0 saturated heterocycles. The van der Waals surface area contributed by atoms with Crippen LogP contribution in [-0.2, 0) is 9.59 Å². The standard InChI is InChI=1S/2C12H28N.C6H10O4/c2*1-9(2)13(10(3)4,11(5)6)12(7)8;7-5(8)3-1-2-4-6(9)10/h2*9-12H,1-8H3;1-4H2,(H,7,8)(H,9,10)/q2*+1;. The number of quaternary nitrogens is 2. The Hall–Kier alpha value is -1.14. The van der Waals surface area contributed by atoms with E-state index in [1.807, 2.05) is 0 Å². The second kappa shape index (κ2) is 18.2. The number of carboxylic acid groups (broad SMARTS) is 2. The molecule has 0 aromatic carbocycles. The van der Waals surface area contributed by atoms with Crippen molar-refractivity contribution in [1.82, 2.24) is 0 Å². The Balaban J connectivity index is -0.000000459. The molecule has 0 radical (unpaired) electrons. The van der Waals surface area contributed by atoms with Gasteiger partial charge in [-0.1, -0.05) is 0 Å². The number of carbonyl (C=O) groups is 2. The Bertz CT molecular complexity index is 467. The molecule has 6 nitrogen and oxygen atoms in total. The topological polar surface area (TPSA) is 74.6 Å². The number of hydrogen-bond acceptors (Lipinski definition) is 2. The summed E-state index contributed by atoms with van der Waals surface area (Å²) in [7, 11) is 0. The third kappa shape index (κ3) is 11.5. The fraction of sp³-hybridized carbons (Fsp3) is 0.933. The average Bonchev–Trinajstić information content (AvgIpc) is 2.64. The maximum Gasteiger partial charge on any atom is 0.303 e. The fourth-order valence-electron chi connectivity index (χ4n) is 7.71. The van der Waals surface area contributed by atoms with Crippen molar-refractivity contribution < 1.29 is 28.8 Å². The maximum absolute atomic E-state index is 9.90. The number of hydrogen-bond donors (Lipinski definition) is 2. The highest BCUT2D eigenvalue weighted by Gasteiger charge is 2.41. The highest BCUT2D eigenvalue weighted by Crippen LogP contribution is 2.29. The van der Waals surface area contributed by atoms with Crippen LogP contribution >= 0.6 is 0 Å². The maximum atomic E-state index is 9.90. The van der Waals surface area contributed by atoms with Crippen molar-refractivity contribution in [2.45, 2.75) is 185 Å². The van der Waals surface area contributed by atoms with Gasteiger partial charge in [0.1, 0.15) is 0 Å². The van der Waals surface area contributed by atoms with E-state index in [9.17, 15) is 9.59 Å². The molecule has 0 amide bonds. The molecule has 0 aliphatic heterocycles. The molecule has 0 rings (SSSR count). The van der Waals surface area contributed by atoms with Crippen molar-refractivity contribution >= 4 is 11.9 Å². The quantitative estimate of drug-likeness (QED) is 0.194. The second-order valence-electron chi connectivity index (χ2n) is 12.5. The lowest BCUT2D eigenvalue weighted by atomic mass is 10.0. The molecule has 0 aliphatic carbocycles. The van der Waals surface area contributed by atoms with Gasteiger partial charge in [0.25, 0.3) is 0 Å². The third-order valence-corrected chi connectivity index (χ3v) is 8.19. The molecule has 6 heteroatoms. The van der Waals surface area contributed by atoms with Crippen molar-refractivity contribution in [2.24, 2.45) is 0 Å². The Morgan fingerprint density at radius 3 is 0.611 bits per heavy atom. The Morgan fingerprint density at radius 1 is 0.417 bits per heavy atom. The Morgan fingerprint density at radius 2 is 0.556 bits per heavy atom. The minimum atomic E-state index is -0.870. The van der Waals surface area contributed by atoms with Crippen molar-refractivity contribution in [3.63, 3.8) is 0 Å². The van der Waals surface area contributed by atoms with Crippen LogP contribution in [0.3, 0.4) is 0 Å². The number of nitrogens with zero attached hydrogens (tertiary/aromatic N) is 2. The second-order valence-corrected chi connectivity index (χ2v) is 12.5. The summed E-state index contributed by atoms with van der Waals surface area (Å²) in [6, 6.07) is 5.67. The SMILES string of the molecule is CC(C)[N+](C(C)C)(C(C)C)C(C)C.CC(C)[N+](C(C)C)(C(C)C)C(C)C.O=C(O)CCCCC(=O)O. The van der Waals surface area contributed by atoms with Gasteiger partial charge in [-0.25, -0.2) is 0 Å². The van der Waals surface area contributed by atoms with E-state index in [1.54, 1.807) is 0 Å². The largest absolute Gasteiger partial charge is 0.481 e. The molecule has 2 N–H and O–H groups in total. The first-order valence-corrected chi connectivity index (χ1v) is 14.4. The van der Waals surface area contributed by atoms with Crippen molar-refractivity contribution in [1.29, 1.82) is 0 Å². The summed E-state index contributed by atoms with van der Waals surface area (Å²) in [5.74, 6) is -1.74. The van der Waals surface area contributed by atoms with E-state index >= 15 is 0 Å². The van der Waals surface area contributed by atoms with Gasteiger partial charge in [-0.15, -0.1) is 0 Å². The molecule has 0 aromatic heterocycles. The van der Waals surface area contributed by atoms with Gasteiger partial charge >= 0.3 is 11.9 Å². The van der Waals surface area contributed by atoms with Gasteiger partial charge in [0.15, 0.2) is 0 Å². The zero-order chi connectivity index (χ0) is 29.6.